The van der Waals surface area contributed by atoms with Crippen LogP contribution in [0.15, 0.2) is 42.5 Å². The van der Waals surface area contributed by atoms with Crippen LogP contribution in [0.2, 0.25) is 5.02 Å². The summed E-state index contributed by atoms with van der Waals surface area (Å²) in [5.41, 5.74) is 4.05. The molecule has 0 saturated carbocycles. The summed E-state index contributed by atoms with van der Waals surface area (Å²) in [6.07, 6.45) is 0. The predicted octanol–water partition coefficient (Wildman–Crippen LogP) is 3.76. The Kier molecular flexibility index (Phi) is 6.30. The number of rotatable bonds is 5. The Labute approximate surface area is 160 Å². The van der Waals surface area contributed by atoms with E-state index in [1.807, 2.05) is 50.2 Å². The van der Waals surface area contributed by atoms with E-state index in [1.165, 1.54) is 0 Å². The van der Waals surface area contributed by atoms with E-state index in [1.54, 1.807) is 0 Å². The molecule has 1 aliphatic rings. The fourth-order valence-corrected chi connectivity index (χ4v) is 3.56. The average molecular weight is 373 g/mol. The van der Waals surface area contributed by atoms with Crippen molar-refractivity contribution in [2.75, 3.05) is 32.8 Å². The SMILES string of the molecule is Cc1cc(C)cc(C(=O)NCC(c2ccc(Cl)cc2)N2CCOCC2)c1. The molecule has 138 valence electrons. The number of hydrogen-bond acceptors (Lipinski definition) is 3. The summed E-state index contributed by atoms with van der Waals surface area (Å²) in [6.45, 7) is 7.71. The number of carbonyl (C=O) groups is 1. The van der Waals surface area contributed by atoms with Crippen LogP contribution in [0.3, 0.4) is 0 Å². The third kappa shape index (κ3) is 4.85. The number of benzene rings is 2. The first-order valence-electron chi connectivity index (χ1n) is 8.97. The summed E-state index contributed by atoms with van der Waals surface area (Å²) in [5, 5.41) is 3.83. The van der Waals surface area contributed by atoms with E-state index < -0.39 is 0 Å². The standard InChI is InChI=1S/C21H25ClN2O2/c1-15-11-16(2)13-18(12-15)21(25)23-14-20(24-7-9-26-10-8-24)17-3-5-19(22)6-4-17/h3-6,11-13,20H,7-10,14H2,1-2H3,(H,23,25). The smallest absolute Gasteiger partial charge is 0.251 e. The molecule has 5 heteroatoms. The number of nitrogens with one attached hydrogen (secondary N) is 1. The van der Waals surface area contributed by atoms with Crippen LogP contribution in [0.25, 0.3) is 0 Å². The molecule has 1 aliphatic heterocycles. The topological polar surface area (TPSA) is 41.6 Å². The quantitative estimate of drug-likeness (QED) is 0.868. The van der Waals surface area contributed by atoms with E-state index in [-0.39, 0.29) is 11.9 Å². The largest absolute Gasteiger partial charge is 0.379 e. The molecule has 0 spiro atoms. The van der Waals surface area contributed by atoms with Gasteiger partial charge in [-0.1, -0.05) is 40.9 Å². The maximum Gasteiger partial charge on any atom is 0.251 e. The first-order chi connectivity index (χ1) is 12.5. The summed E-state index contributed by atoms with van der Waals surface area (Å²) in [6, 6.07) is 13.9. The van der Waals surface area contributed by atoms with Gasteiger partial charge in [0, 0.05) is 30.2 Å². The van der Waals surface area contributed by atoms with Gasteiger partial charge in [0.05, 0.1) is 19.3 Å². The molecule has 1 unspecified atom stereocenters. The molecule has 2 aromatic rings. The second-order valence-corrected chi connectivity index (χ2v) is 7.24. The van der Waals surface area contributed by atoms with E-state index in [0.29, 0.717) is 17.1 Å². The number of halogens is 1. The Morgan fingerprint density at radius 2 is 1.73 bits per heavy atom. The van der Waals surface area contributed by atoms with Crippen LogP contribution >= 0.6 is 11.6 Å². The minimum atomic E-state index is -0.0379. The van der Waals surface area contributed by atoms with Gasteiger partial charge in [-0.25, -0.2) is 0 Å². The second-order valence-electron chi connectivity index (χ2n) is 6.80. The van der Waals surface area contributed by atoms with Crippen LogP contribution < -0.4 is 5.32 Å². The molecular weight excluding hydrogens is 348 g/mol. The van der Waals surface area contributed by atoms with Gasteiger partial charge in [-0.15, -0.1) is 0 Å². The molecule has 0 aliphatic carbocycles. The molecule has 3 rings (SSSR count). The molecule has 0 bridgehead atoms. The molecule has 1 N–H and O–H groups in total. The van der Waals surface area contributed by atoms with E-state index in [9.17, 15) is 4.79 Å². The van der Waals surface area contributed by atoms with Crippen LogP contribution in [0.1, 0.15) is 33.1 Å². The van der Waals surface area contributed by atoms with Crippen molar-refractivity contribution in [1.82, 2.24) is 10.2 Å². The Bertz CT molecular complexity index is 735. The summed E-state index contributed by atoms with van der Waals surface area (Å²) >= 11 is 6.04. The zero-order chi connectivity index (χ0) is 18.5. The minimum Gasteiger partial charge on any atom is -0.379 e. The Hall–Kier alpha value is -1.88. The van der Waals surface area contributed by atoms with Gasteiger partial charge in [0.25, 0.3) is 5.91 Å². The third-order valence-electron chi connectivity index (χ3n) is 4.68. The Balaban J connectivity index is 1.74. The molecule has 26 heavy (non-hydrogen) atoms. The van der Waals surface area contributed by atoms with Gasteiger partial charge in [-0.3, -0.25) is 9.69 Å². The monoisotopic (exact) mass is 372 g/mol. The van der Waals surface area contributed by atoms with E-state index in [0.717, 1.165) is 43.0 Å². The highest BCUT2D eigenvalue weighted by molar-refractivity contribution is 6.30. The van der Waals surface area contributed by atoms with E-state index in [4.69, 9.17) is 16.3 Å². The number of aryl methyl sites for hydroxylation is 2. The third-order valence-corrected chi connectivity index (χ3v) is 4.93. The summed E-state index contributed by atoms with van der Waals surface area (Å²) in [7, 11) is 0. The fourth-order valence-electron chi connectivity index (χ4n) is 3.43. The molecule has 4 nitrogen and oxygen atoms in total. The van der Waals surface area contributed by atoms with Crippen molar-refractivity contribution < 1.29 is 9.53 Å². The lowest BCUT2D eigenvalue weighted by atomic mass is 10.0. The summed E-state index contributed by atoms with van der Waals surface area (Å²) < 4.78 is 5.48. The molecular formula is C21H25ClN2O2. The van der Waals surface area contributed by atoms with Crippen LogP contribution in [0.4, 0.5) is 0 Å². The average Bonchev–Trinajstić information content (AvgIpc) is 2.63. The van der Waals surface area contributed by atoms with Crippen LogP contribution in [-0.4, -0.2) is 43.7 Å². The van der Waals surface area contributed by atoms with Crippen molar-refractivity contribution in [2.45, 2.75) is 19.9 Å². The molecule has 1 saturated heterocycles. The maximum atomic E-state index is 12.6. The molecule has 1 heterocycles. The van der Waals surface area contributed by atoms with Gasteiger partial charge in [-0.2, -0.15) is 0 Å². The number of ether oxygens (including phenoxy) is 1. The lowest BCUT2D eigenvalue weighted by Crippen LogP contribution is -2.43. The second kappa shape index (κ2) is 8.67. The van der Waals surface area contributed by atoms with E-state index in [2.05, 4.69) is 16.3 Å². The van der Waals surface area contributed by atoms with Crippen molar-refractivity contribution in [3.05, 3.63) is 69.7 Å². The van der Waals surface area contributed by atoms with Crippen molar-refractivity contribution in [3.63, 3.8) is 0 Å². The molecule has 2 aromatic carbocycles. The number of nitrogens with zero attached hydrogens (tertiary/aromatic N) is 1. The number of morpholine rings is 1. The molecule has 1 fully saturated rings. The van der Waals surface area contributed by atoms with Crippen molar-refractivity contribution in [3.8, 4) is 0 Å². The number of carbonyl (C=O) groups excluding carboxylic acids is 1. The lowest BCUT2D eigenvalue weighted by molar-refractivity contribution is 0.0162. The maximum absolute atomic E-state index is 12.6. The molecule has 0 radical (unpaired) electrons. The first-order valence-corrected chi connectivity index (χ1v) is 9.34. The van der Waals surface area contributed by atoms with E-state index >= 15 is 0 Å². The number of amides is 1. The first kappa shape index (κ1) is 18.9. The van der Waals surface area contributed by atoms with Crippen molar-refractivity contribution >= 4 is 17.5 Å². The summed E-state index contributed by atoms with van der Waals surface area (Å²) in [5.74, 6) is -0.0379. The Morgan fingerprint density at radius 3 is 2.35 bits per heavy atom. The van der Waals surface area contributed by atoms with Crippen molar-refractivity contribution in [1.29, 1.82) is 0 Å². The highest BCUT2D eigenvalue weighted by atomic mass is 35.5. The Morgan fingerprint density at radius 1 is 1.12 bits per heavy atom. The zero-order valence-corrected chi connectivity index (χ0v) is 16.1. The fraction of sp³-hybridized carbons (Fsp3) is 0.381. The molecule has 1 amide bonds. The van der Waals surface area contributed by atoms with Gasteiger partial charge in [0.15, 0.2) is 0 Å². The van der Waals surface area contributed by atoms with Gasteiger partial charge in [0.1, 0.15) is 0 Å². The van der Waals surface area contributed by atoms with Gasteiger partial charge in [0.2, 0.25) is 0 Å². The van der Waals surface area contributed by atoms with Gasteiger partial charge < -0.3 is 10.1 Å². The van der Waals surface area contributed by atoms with Crippen molar-refractivity contribution in [2.24, 2.45) is 0 Å². The highest BCUT2D eigenvalue weighted by Gasteiger charge is 2.23. The number of hydrogen-bond donors (Lipinski definition) is 1. The lowest BCUT2D eigenvalue weighted by Gasteiger charge is -2.35. The minimum absolute atomic E-state index is 0.0379. The van der Waals surface area contributed by atoms with Crippen LogP contribution in [-0.2, 0) is 4.74 Å². The highest BCUT2D eigenvalue weighted by Crippen LogP contribution is 2.23. The molecule has 0 aromatic heterocycles. The normalized spacial score (nSPS) is 16.3. The van der Waals surface area contributed by atoms with Gasteiger partial charge >= 0.3 is 0 Å². The zero-order valence-electron chi connectivity index (χ0n) is 15.3. The summed E-state index contributed by atoms with van der Waals surface area (Å²) in [4.78, 5) is 15.0. The van der Waals surface area contributed by atoms with Crippen LogP contribution in [0, 0.1) is 13.8 Å². The predicted molar refractivity (Wildman–Crippen MR) is 105 cm³/mol. The van der Waals surface area contributed by atoms with Crippen LogP contribution in [0.5, 0.6) is 0 Å². The van der Waals surface area contributed by atoms with Gasteiger partial charge in [-0.05, 0) is 43.7 Å². The molecule has 1 atom stereocenters.